The van der Waals surface area contributed by atoms with E-state index in [-0.39, 0.29) is 11.8 Å². The van der Waals surface area contributed by atoms with Gasteiger partial charge in [0.05, 0.1) is 22.0 Å². The lowest BCUT2D eigenvalue weighted by Gasteiger charge is -2.16. The highest BCUT2D eigenvalue weighted by Crippen LogP contribution is 2.31. The number of isothiocyanates is 1. The molecule has 2 aromatic carbocycles. The van der Waals surface area contributed by atoms with E-state index in [9.17, 15) is 9.59 Å². The van der Waals surface area contributed by atoms with Crippen LogP contribution < -0.4 is 4.90 Å². The van der Waals surface area contributed by atoms with Crippen molar-refractivity contribution in [1.29, 1.82) is 5.41 Å². The van der Waals surface area contributed by atoms with Crippen molar-refractivity contribution in [2.45, 2.75) is 6.92 Å². The molecule has 6 heteroatoms. The van der Waals surface area contributed by atoms with Crippen LogP contribution in [0, 0.1) is 12.3 Å². The Labute approximate surface area is 137 Å². The Bertz CT molecular complexity index is 798. The van der Waals surface area contributed by atoms with E-state index in [0.717, 1.165) is 5.56 Å². The van der Waals surface area contributed by atoms with Crippen LogP contribution in [-0.4, -0.2) is 17.0 Å². The molecule has 4 nitrogen and oxygen atoms in total. The SMILES string of the molecule is Cc1ccccc1N1C(=O)c2ccc(Cl)cc2C1=O.N=C=S. The summed E-state index contributed by atoms with van der Waals surface area (Å²) in [5.74, 6) is -0.622. The van der Waals surface area contributed by atoms with Crippen LogP contribution in [0.2, 0.25) is 5.02 Å². The van der Waals surface area contributed by atoms with Crippen molar-refractivity contribution >= 4 is 46.5 Å². The third kappa shape index (κ3) is 2.83. The summed E-state index contributed by atoms with van der Waals surface area (Å²) in [7, 11) is 0. The van der Waals surface area contributed by atoms with Crippen molar-refractivity contribution in [3.05, 3.63) is 64.2 Å². The first kappa shape index (κ1) is 16.0. The van der Waals surface area contributed by atoms with Gasteiger partial charge in [-0.3, -0.25) is 9.59 Å². The number of imide groups is 1. The number of nitrogens with zero attached hydrogens (tertiary/aromatic N) is 1. The molecule has 0 aliphatic carbocycles. The molecule has 0 radical (unpaired) electrons. The number of hydrogen-bond donors (Lipinski definition) is 1. The van der Waals surface area contributed by atoms with Gasteiger partial charge in [-0.25, -0.2) is 10.3 Å². The summed E-state index contributed by atoms with van der Waals surface area (Å²) in [4.78, 5) is 25.9. The predicted molar refractivity (Wildman–Crippen MR) is 89.1 cm³/mol. The highest BCUT2D eigenvalue weighted by atomic mass is 35.5. The zero-order valence-electron chi connectivity index (χ0n) is 11.6. The van der Waals surface area contributed by atoms with Gasteiger partial charge in [-0.1, -0.05) is 29.8 Å². The van der Waals surface area contributed by atoms with Gasteiger partial charge in [0.15, 0.2) is 0 Å². The minimum atomic E-state index is -0.322. The summed E-state index contributed by atoms with van der Waals surface area (Å²) in [6.45, 7) is 1.87. The number of anilines is 1. The quantitative estimate of drug-likeness (QED) is 0.486. The Morgan fingerprint density at radius 1 is 1.09 bits per heavy atom. The zero-order chi connectivity index (χ0) is 16.3. The third-order valence-corrected chi connectivity index (χ3v) is 3.44. The van der Waals surface area contributed by atoms with E-state index in [1.165, 1.54) is 11.0 Å². The van der Waals surface area contributed by atoms with Crippen LogP contribution in [-0.2, 0) is 0 Å². The Balaban J connectivity index is 0.000000545. The lowest BCUT2D eigenvalue weighted by atomic mass is 10.1. The van der Waals surface area contributed by atoms with E-state index in [4.69, 9.17) is 17.0 Å². The summed E-state index contributed by atoms with van der Waals surface area (Å²) in [5.41, 5.74) is 2.26. The fourth-order valence-electron chi connectivity index (χ4n) is 2.25. The van der Waals surface area contributed by atoms with Gasteiger partial charge in [-0.15, -0.1) is 0 Å². The molecule has 22 heavy (non-hydrogen) atoms. The molecule has 1 aliphatic rings. The van der Waals surface area contributed by atoms with Crippen molar-refractivity contribution in [2.24, 2.45) is 0 Å². The lowest BCUT2D eigenvalue weighted by Crippen LogP contribution is -2.29. The Hall–Kier alpha value is -2.33. The summed E-state index contributed by atoms with van der Waals surface area (Å²) >= 11 is 9.69. The van der Waals surface area contributed by atoms with Gasteiger partial charge < -0.3 is 0 Å². The van der Waals surface area contributed by atoms with E-state index in [0.29, 0.717) is 21.8 Å². The first-order valence-corrected chi connectivity index (χ1v) is 7.07. The molecule has 110 valence electrons. The van der Waals surface area contributed by atoms with Crippen LogP contribution in [0.4, 0.5) is 5.69 Å². The van der Waals surface area contributed by atoms with Crippen LogP contribution in [0.25, 0.3) is 0 Å². The molecule has 1 heterocycles. The maximum atomic E-state index is 12.4. The van der Waals surface area contributed by atoms with E-state index < -0.39 is 0 Å². The van der Waals surface area contributed by atoms with E-state index in [1.807, 2.05) is 19.1 Å². The molecule has 0 atom stereocenters. The number of fused-ring (bicyclic) bond motifs is 1. The average Bonchev–Trinajstić information content (AvgIpc) is 2.72. The predicted octanol–water partition coefficient (Wildman–Crippen LogP) is 4.12. The number of aryl methyl sites for hydroxylation is 1. The number of para-hydroxylation sites is 1. The molecular weight excluding hydrogens is 320 g/mol. The van der Waals surface area contributed by atoms with E-state index in [2.05, 4.69) is 12.2 Å². The molecule has 1 aliphatic heterocycles. The van der Waals surface area contributed by atoms with Crippen molar-refractivity contribution in [3.63, 3.8) is 0 Å². The second kappa shape index (κ2) is 6.62. The Kier molecular flexibility index (Phi) is 4.83. The number of carbonyl (C=O) groups excluding carboxylic acids is 2. The van der Waals surface area contributed by atoms with Crippen molar-refractivity contribution in [2.75, 3.05) is 4.90 Å². The molecule has 1 N–H and O–H groups in total. The fraction of sp³-hybridized carbons (Fsp3) is 0.0625. The molecule has 2 amide bonds. The third-order valence-electron chi connectivity index (χ3n) is 3.20. The van der Waals surface area contributed by atoms with Crippen LogP contribution in [0.5, 0.6) is 0 Å². The molecule has 0 saturated carbocycles. The number of hydrogen-bond acceptors (Lipinski definition) is 4. The smallest absolute Gasteiger partial charge is 0.266 e. The van der Waals surface area contributed by atoms with Gasteiger partial charge in [0.25, 0.3) is 11.8 Å². The summed E-state index contributed by atoms with van der Waals surface area (Å²) in [5, 5.41) is 7.81. The first-order valence-electron chi connectivity index (χ1n) is 6.29. The first-order chi connectivity index (χ1) is 10.5. The lowest BCUT2D eigenvalue weighted by molar-refractivity contribution is 0.0926. The summed E-state index contributed by atoms with van der Waals surface area (Å²) < 4.78 is 0. The topological polar surface area (TPSA) is 61.2 Å². The molecular formula is C16H11ClN2O2S. The van der Waals surface area contributed by atoms with Crippen molar-refractivity contribution in [1.82, 2.24) is 0 Å². The normalized spacial score (nSPS) is 12.4. The standard InChI is InChI=1S/C15H10ClNO2.CHNS/c1-9-4-2-3-5-13(9)17-14(18)11-7-6-10(16)8-12(11)15(17)19;2-1-3/h2-8H,1H3;2H. The van der Waals surface area contributed by atoms with Gasteiger partial charge in [0.1, 0.15) is 0 Å². The number of thiocarbonyl (C=S) groups is 1. The minimum absolute atomic E-state index is 0.300. The Morgan fingerprint density at radius 3 is 2.32 bits per heavy atom. The van der Waals surface area contributed by atoms with Crippen LogP contribution in [0.1, 0.15) is 26.3 Å². The van der Waals surface area contributed by atoms with Gasteiger partial charge in [-0.2, -0.15) is 0 Å². The number of amides is 2. The molecule has 0 fully saturated rings. The molecule has 0 unspecified atom stereocenters. The summed E-state index contributed by atoms with van der Waals surface area (Å²) in [6.07, 6.45) is 0. The van der Waals surface area contributed by atoms with Gasteiger partial charge in [0.2, 0.25) is 0 Å². The number of nitrogens with one attached hydrogen (secondary N) is 1. The molecule has 3 rings (SSSR count). The van der Waals surface area contributed by atoms with Crippen LogP contribution >= 0.6 is 23.8 Å². The number of halogens is 1. The monoisotopic (exact) mass is 330 g/mol. The minimum Gasteiger partial charge on any atom is -0.268 e. The zero-order valence-corrected chi connectivity index (χ0v) is 13.2. The molecule has 0 saturated heterocycles. The second-order valence-electron chi connectivity index (χ2n) is 4.52. The van der Waals surface area contributed by atoms with Gasteiger partial charge in [0, 0.05) is 5.02 Å². The molecule has 0 bridgehead atoms. The largest absolute Gasteiger partial charge is 0.268 e. The number of rotatable bonds is 1. The average molecular weight is 331 g/mol. The highest BCUT2D eigenvalue weighted by Gasteiger charge is 2.37. The fourth-order valence-corrected chi connectivity index (χ4v) is 2.42. The molecule has 0 aromatic heterocycles. The van der Waals surface area contributed by atoms with E-state index in [1.54, 1.807) is 29.4 Å². The number of carbonyl (C=O) groups is 2. The summed E-state index contributed by atoms with van der Waals surface area (Å²) in [6, 6.07) is 12.1. The van der Waals surface area contributed by atoms with Crippen LogP contribution in [0.15, 0.2) is 42.5 Å². The van der Waals surface area contributed by atoms with Crippen molar-refractivity contribution < 1.29 is 9.59 Å². The van der Waals surface area contributed by atoms with Gasteiger partial charge in [-0.05, 0) is 49.0 Å². The molecule has 0 spiro atoms. The number of benzene rings is 2. The maximum absolute atomic E-state index is 12.4. The Morgan fingerprint density at radius 2 is 1.68 bits per heavy atom. The van der Waals surface area contributed by atoms with Gasteiger partial charge >= 0.3 is 0 Å². The van der Waals surface area contributed by atoms with Crippen molar-refractivity contribution in [3.8, 4) is 0 Å². The second-order valence-corrected chi connectivity index (χ2v) is 5.16. The van der Waals surface area contributed by atoms with E-state index >= 15 is 0 Å². The maximum Gasteiger partial charge on any atom is 0.266 e. The highest BCUT2D eigenvalue weighted by molar-refractivity contribution is 7.78. The van der Waals surface area contributed by atoms with Crippen LogP contribution in [0.3, 0.4) is 0 Å². The molecule has 2 aromatic rings.